The lowest BCUT2D eigenvalue weighted by molar-refractivity contribution is -0.137. The number of nitrogens with one attached hydrogen (secondary N) is 1. The van der Waals surface area contributed by atoms with Crippen molar-refractivity contribution in [3.63, 3.8) is 0 Å². The van der Waals surface area contributed by atoms with Crippen molar-refractivity contribution in [2.24, 2.45) is 11.8 Å². The van der Waals surface area contributed by atoms with Crippen molar-refractivity contribution in [2.45, 2.75) is 36.0 Å². The van der Waals surface area contributed by atoms with Gasteiger partial charge in [0.25, 0.3) is 0 Å². The van der Waals surface area contributed by atoms with E-state index in [1.807, 2.05) is 0 Å². The van der Waals surface area contributed by atoms with E-state index in [2.05, 4.69) is 4.72 Å². The van der Waals surface area contributed by atoms with Crippen LogP contribution < -0.4 is 4.72 Å². The highest BCUT2D eigenvalue weighted by Gasteiger charge is 2.71. The Labute approximate surface area is 124 Å². The average molecular weight is 331 g/mol. The fourth-order valence-electron chi connectivity index (χ4n) is 4.75. The van der Waals surface area contributed by atoms with E-state index in [0.29, 0.717) is 5.56 Å². The van der Waals surface area contributed by atoms with Crippen LogP contribution in [0.4, 0.5) is 18.9 Å². The first-order valence-electron chi connectivity index (χ1n) is 7.15. The van der Waals surface area contributed by atoms with E-state index < -0.39 is 27.0 Å². The van der Waals surface area contributed by atoms with Gasteiger partial charge in [-0.2, -0.15) is 13.2 Å². The number of hydrogen-bond donors (Lipinski definition) is 1. The maximum atomic E-state index is 12.8. The maximum Gasteiger partial charge on any atom is 0.416 e. The third kappa shape index (κ3) is 1.49. The molecule has 4 aliphatic rings. The fraction of sp³-hybridized carbons (Fsp3) is 0.571. The summed E-state index contributed by atoms with van der Waals surface area (Å²) in [7, 11) is -3.67. The molecule has 2 saturated carbocycles. The Kier molecular flexibility index (Phi) is 2.17. The van der Waals surface area contributed by atoms with E-state index in [1.165, 1.54) is 6.07 Å². The first-order valence-corrected chi connectivity index (χ1v) is 8.70. The summed E-state index contributed by atoms with van der Waals surface area (Å²) in [5.74, 6) is -0.183. The van der Waals surface area contributed by atoms with E-state index in [4.69, 9.17) is 4.74 Å². The predicted molar refractivity (Wildman–Crippen MR) is 70.8 cm³/mol. The molecule has 0 aromatic heterocycles. The Balaban J connectivity index is 1.67. The molecule has 22 heavy (non-hydrogen) atoms. The van der Waals surface area contributed by atoms with Crippen molar-refractivity contribution < 1.29 is 26.3 Å². The summed E-state index contributed by atoms with van der Waals surface area (Å²) in [5.41, 5.74) is -0.0915. The van der Waals surface area contributed by atoms with E-state index in [-0.39, 0.29) is 35.6 Å². The van der Waals surface area contributed by atoms with E-state index >= 15 is 0 Å². The van der Waals surface area contributed by atoms with Crippen LogP contribution in [0.1, 0.15) is 23.5 Å². The molecule has 118 valence electrons. The average Bonchev–Trinajstić information content (AvgIpc) is 3.02. The quantitative estimate of drug-likeness (QED) is 0.742. The number of fused-ring (bicyclic) bond motifs is 10. The van der Waals surface area contributed by atoms with E-state index in [0.717, 1.165) is 18.6 Å². The molecule has 1 saturated heterocycles. The number of hydrogen-bond acceptors (Lipinski definition) is 3. The van der Waals surface area contributed by atoms with Gasteiger partial charge in [0, 0.05) is 11.8 Å². The van der Waals surface area contributed by atoms with Gasteiger partial charge in [-0.05, 0) is 30.0 Å². The van der Waals surface area contributed by atoms with Crippen LogP contribution in [-0.2, 0) is 20.9 Å². The number of alkyl halides is 3. The van der Waals surface area contributed by atoms with Gasteiger partial charge in [-0.1, -0.05) is 6.07 Å². The summed E-state index contributed by atoms with van der Waals surface area (Å²) in [4.78, 5) is 0. The van der Waals surface area contributed by atoms with Gasteiger partial charge in [-0.15, -0.1) is 0 Å². The van der Waals surface area contributed by atoms with Gasteiger partial charge in [0.05, 0.1) is 28.7 Å². The molecule has 1 N–H and O–H groups in total. The minimum atomic E-state index is -4.49. The van der Waals surface area contributed by atoms with Crippen molar-refractivity contribution in [1.82, 2.24) is 0 Å². The normalized spacial score (nSPS) is 43.0. The summed E-state index contributed by atoms with van der Waals surface area (Å²) in [6.45, 7) is 0. The second-order valence-electron chi connectivity index (χ2n) is 6.57. The molecule has 2 bridgehead atoms. The SMILES string of the molecule is O=S1(=O)Nc2cc(C(F)(F)F)ccc2C2C3CC(C4OC34)C21. The van der Waals surface area contributed by atoms with Gasteiger partial charge in [-0.25, -0.2) is 8.42 Å². The number of halogens is 3. The second-order valence-corrected chi connectivity index (χ2v) is 8.40. The molecule has 2 aliphatic carbocycles. The van der Waals surface area contributed by atoms with Crippen LogP contribution in [0.25, 0.3) is 0 Å². The smallest absolute Gasteiger partial charge is 0.369 e. The molecular weight excluding hydrogens is 319 g/mol. The van der Waals surface area contributed by atoms with Crippen molar-refractivity contribution >= 4 is 15.7 Å². The first kappa shape index (κ1) is 13.2. The molecule has 6 atom stereocenters. The van der Waals surface area contributed by atoms with Crippen molar-refractivity contribution in [3.05, 3.63) is 29.3 Å². The number of benzene rings is 1. The number of ether oxygens (including phenoxy) is 1. The summed E-state index contributed by atoms with van der Waals surface area (Å²) >= 11 is 0. The number of sulfonamides is 1. The van der Waals surface area contributed by atoms with Crippen LogP contribution in [0.15, 0.2) is 18.2 Å². The van der Waals surface area contributed by atoms with Gasteiger partial charge >= 0.3 is 6.18 Å². The Morgan fingerprint density at radius 3 is 2.64 bits per heavy atom. The van der Waals surface area contributed by atoms with Crippen LogP contribution in [0, 0.1) is 11.8 Å². The molecule has 0 radical (unpaired) electrons. The van der Waals surface area contributed by atoms with Crippen molar-refractivity contribution in [1.29, 1.82) is 0 Å². The lowest BCUT2D eigenvalue weighted by Gasteiger charge is -2.35. The van der Waals surface area contributed by atoms with Gasteiger partial charge < -0.3 is 4.74 Å². The molecule has 0 amide bonds. The molecule has 6 unspecified atom stereocenters. The monoisotopic (exact) mass is 331 g/mol. The lowest BCUT2D eigenvalue weighted by atomic mass is 9.81. The summed E-state index contributed by atoms with van der Waals surface area (Å²) in [6.07, 6.45) is -3.59. The Morgan fingerprint density at radius 2 is 1.91 bits per heavy atom. The van der Waals surface area contributed by atoms with E-state index in [1.54, 1.807) is 0 Å². The Morgan fingerprint density at radius 1 is 1.18 bits per heavy atom. The zero-order valence-corrected chi connectivity index (χ0v) is 12.0. The van der Waals surface area contributed by atoms with Crippen LogP contribution in [0.2, 0.25) is 0 Å². The predicted octanol–water partition coefficient (Wildman–Crippen LogP) is 2.33. The molecule has 8 heteroatoms. The second kappa shape index (κ2) is 3.62. The van der Waals surface area contributed by atoms with Gasteiger partial charge in [0.15, 0.2) is 0 Å². The topological polar surface area (TPSA) is 58.7 Å². The highest BCUT2D eigenvalue weighted by molar-refractivity contribution is 7.93. The molecule has 0 spiro atoms. The zero-order valence-electron chi connectivity index (χ0n) is 11.2. The van der Waals surface area contributed by atoms with E-state index in [9.17, 15) is 21.6 Å². The minimum absolute atomic E-state index is 0.0267. The maximum absolute atomic E-state index is 12.8. The van der Waals surface area contributed by atoms with Crippen LogP contribution in [0.5, 0.6) is 0 Å². The molecule has 4 nitrogen and oxygen atoms in total. The number of anilines is 1. The summed E-state index contributed by atoms with van der Waals surface area (Å²) in [6, 6.07) is 3.36. The third-order valence-corrected chi connectivity index (χ3v) is 7.40. The van der Waals surface area contributed by atoms with Gasteiger partial charge in [-0.3, -0.25) is 4.72 Å². The molecule has 2 heterocycles. The highest BCUT2D eigenvalue weighted by atomic mass is 32.2. The van der Waals surface area contributed by atoms with Crippen LogP contribution in [-0.4, -0.2) is 25.9 Å². The third-order valence-electron chi connectivity index (χ3n) is 5.54. The van der Waals surface area contributed by atoms with Gasteiger partial charge in [0.1, 0.15) is 0 Å². The summed E-state index contributed by atoms with van der Waals surface area (Å²) < 4.78 is 71.4. The largest absolute Gasteiger partial charge is 0.416 e. The Bertz CT molecular complexity index is 791. The number of epoxide rings is 1. The van der Waals surface area contributed by atoms with Crippen LogP contribution in [0.3, 0.4) is 0 Å². The lowest BCUT2D eigenvalue weighted by Crippen LogP contribution is -2.43. The van der Waals surface area contributed by atoms with Crippen molar-refractivity contribution in [2.75, 3.05) is 4.72 Å². The standard InChI is InChI=1S/C14H12F3NO3S/c15-14(16,17)5-1-2-6-9(3-5)18-22(19,20)13-8-4-7(10(6)13)11-12(8)21-11/h1-3,7-8,10-13,18H,4H2. The minimum Gasteiger partial charge on any atom is -0.369 e. The van der Waals surface area contributed by atoms with Crippen molar-refractivity contribution in [3.8, 4) is 0 Å². The first-order chi connectivity index (χ1) is 10.3. The highest BCUT2D eigenvalue weighted by Crippen LogP contribution is 2.65. The molecule has 1 aromatic rings. The zero-order chi connectivity index (χ0) is 15.4. The van der Waals surface area contributed by atoms with Gasteiger partial charge in [0.2, 0.25) is 10.0 Å². The molecule has 2 aliphatic heterocycles. The summed E-state index contributed by atoms with van der Waals surface area (Å²) in [5, 5.41) is -0.578. The molecular formula is C14H12F3NO3S. The van der Waals surface area contributed by atoms with Crippen LogP contribution >= 0.6 is 0 Å². The molecule has 3 fully saturated rings. The number of rotatable bonds is 0. The molecule has 1 aromatic carbocycles. The Hall–Kier alpha value is -1.28. The fourth-order valence-corrected chi connectivity index (χ4v) is 6.83. The molecule has 5 rings (SSSR count).